The van der Waals surface area contributed by atoms with Crippen LogP contribution in [0.3, 0.4) is 0 Å². The van der Waals surface area contributed by atoms with Crippen molar-refractivity contribution in [3.8, 4) is 0 Å². The highest BCUT2D eigenvalue weighted by Crippen LogP contribution is 2.22. The fourth-order valence-corrected chi connectivity index (χ4v) is 4.28. The summed E-state index contributed by atoms with van der Waals surface area (Å²) in [7, 11) is 0. The van der Waals surface area contributed by atoms with Crippen molar-refractivity contribution in [1.82, 2.24) is 14.8 Å². The number of rotatable bonds is 8. The number of aromatic nitrogens is 3. The molecule has 0 unspecified atom stereocenters. The molecule has 2 aromatic carbocycles. The third kappa shape index (κ3) is 4.26. The van der Waals surface area contributed by atoms with Gasteiger partial charge in [-0.3, -0.25) is 4.79 Å². The Hall–Kier alpha value is -3.06. The van der Waals surface area contributed by atoms with Gasteiger partial charge in [-0.25, -0.2) is 14.5 Å². The molecular formula is C23H23N3O3S. The predicted molar refractivity (Wildman–Crippen MR) is 119 cm³/mol. The number of hydrogen-bond donors (Lipinski definition) is 0. The number of fused-ring (bicyclic) bond motifs is 2. The second-order valence-electron chi connectivity index (χ2n) is 7.13. The van der Waals surface area contributed by atoms with E-state index in [-0.39, 0.29) is 17.9 Å². The lowest BCUT2D eigenvalue weighted by atomic mass is 10.1. The molecule has 30 heavy (non-hydrogen) atoms. The van der Waals surface area contributed by atoms with Gasteiger partial charge in [-0.2, -0.15) is 5.10 Å². The molecule has 4 rings (SSSR count). The Labute approximate surface area is 178 Å². The smallest absolute Gasteiger partial charge is 0.359 e. The molecule has 0 bridgehead atoms. The highest BCUT2D eigenvalue weighted by atomic mass is 32.1. The molecule has 2 heterocycles. The third-order valence-corrected chi connectivity index (χ3v) is 5.96. The van der Waals surface area contributed by atoms with Gasteiger partial charge in [-0.05, 0) is 24.6 Å². The molecule has 0 fully saturated rings. The second-order valence-corrected chi connectivity index (χ2v) is 8.25. The lowest BCUT2D eigenvalue weighted by molar-refractivity contribution is 0.0465. The molecule has 0 aliphatic carbocycles. The molecule has 0 saturated carbocycles. The van der Waals surface area contributed by atoms with Crippen LogP contribution in [0.1, 0.15) is 48.1 Å². The van der Waals surface area contributed by atoms with Gasteiger partial charge in [0, 0.05) is 11.9 Å². The number of thiazole rings is 1. The van der Waals surface area contributed by atoms with Crippen LogP contribution >= 0.6 is 11.3 Å². The predicted octanol–water partition coefficient (Wildman–Crippen LogP) is 4.94. The van der Waals surface area contributed by atoms with Crippen LogP contribution in [0.15, 0.2) is 53.3 Å². The maximum absolute atomic E-state index is 12.9. The van der Waals surface area contributed by atoms with Crippen molar-refractivity contribution >= 4 is 38.3 Å². The summed E-state index contributed by atoms with van der Waals surface area (Å²) in [5.74, 6) is -0.548. The summed E-state index contributed by atoms with van der Waals surface area (Å²) in [6.45, 7) is 2.70. The van der Waals surface area contributed by atoms with Crippen LogP contribution < -0.4 is 5.56 Å². The minimum absolute atomic E-state index is 0.0732. The monoisotopic (exact) mass is 421 g/mol. The van der Waals surface area contributed by atoms with Gasteiger partial charge in [-0.1, -0.05) is 56.5 Å². The number of nitrogens with zero attached hydrogens (tertiary/aromatic N) is 3. The van der Waals surface area contributed by atoms with Crippen molar-refractivity contribution in [2.45, 2.75) is 45.8 Å². The van der Waals surface area contributed by atoms with Crippen molar-refractivity contribution in [2.24, 2.45) is 0 Å². The highest BCUT2D eigenvalue weighted by molar-refractivity contribution is 7.18. The van der Waals surface area contributed by atoms with Gasteiger partial charge < -0.3 is 4.74 Å². The summed E-state index contributed by atoms with van der Waals surface area (Å²) in [5.41, 5.74) is 0.879. The zero-order valence-electron chi connectivity index (χ0n) is 16.8. The number of carbonyl (C=O) groups excluding carboxylic acids is 1. The lowest BCUT2D eigenvalue weighted by Crippen LogP contribution is -2.26. The summed E-state index contributed by atoms with van der Waals surface area (Å²) >= 11 is 1.50. The van der Waals surface area contributed by atoms with Crippen LogP contribution in [-0.4, -0.2) is 20.7 Å². The number of esters is 1. The first kappa shape index (κ1) is 20.2. The summed E-state index contributed by atoms with van der Waals surface area (Å²) in [6.07, 6.45) is 4.09. The average Bonchev–Trinajstić information content (AvgIpc) is 3.19. The number of aryl methyl sites for hydroxylation is 1. The van der Waals surface area contributed by atoms with Gasteiger partial charge in [-0.15, -0.1) is 11.3 Å². The fourth-order valence-electron chi connectivity index (χ4n) is 3.40. The maximum Gasteiger partial charge on any atom is 0.359 e. The molecule has 7 heteroatoms. The molecule has 0 radical (unpaired) electrons. The van der Waals surface area contributed by atoms with E-state index in [1.165, 1.54) is 16.0 Å². The molecule has 0 amide bonds. The third-order valence-electron chi connectivity index (χ3n) is 4.95. The van der Waals surface area contributed by atoms with Gasteiger partial charge >= 0.3 is 5.97 Å². The number of unbranched alkanes of at least 4 members (excludes halogenated alkanes) is 3. The van der Waals surface area contributed by atoms with Gasteiger partial charge in [0.05, 0.1) is 15.6 Å². The van der Waals surface area contributed by atoms with Crippen LogP contribution in [0.25, 0.3) is 21.0 Å². The van der Waals surface area contributed by atoms with Crippen LogP contribution in [-0.2, 0) is 17.9 Å². The average molecular weight is 422 g/mol. The maximum atomic E-state index is 12.9. The van der Waals surface area contributed by atoms with E-state index >= 15 is 0 Å². The van der Waals surface area contributed by atoms with Crippen molar-refractivity contribution in [3.63, 3.8) is 0 Å². The zero-order valence-corrected chi connectivity index (χ0v) is 17.7. The molecular weight excluding hydrogens is 398 g/mol. The number of hydrogen-bond acceptors (Lipinski definition) is 6. The fraction of sp³-hybridized carbons (Fsp3) is 0.304. The van der Waals surface area contributed by atoms with Gasteiger partial charge in [0.15, 0.2) is 5.69 Å². The number of carbonyl (C=O) groups is 1. The molecule has 6 nitrogen and oxygen atoms in total. The van der Waals surface area contributed by atoms with E-state index in [4.69, 9.17) is 4.74 Å². The van der Waals surface area contributed by atoms with Crippen LogP contribution in [0.2, 0.25) is 0 Å². The highest BCUT2D eigenvalue weighted by Gasteiger charge is 2.18. The molecule has 154 valence electrons. The molecule has 0 N–H and O–H groups in total. The Kier molecular flexibility index (Phi) is 6.18. The van der Waals surface area contributed by atoms with E-state index in [2.05, 4.69) is 17.0 Å². The van der Waals surface area contributed by atoms with Crippen molar-refractivity contribution in [2.75, 3.05) is 0 Å². The minimum Gasteiger partial charge on any atom is -0.453 e. The summed E-state index contributed by atoms with van der Waals surface area (Å²) in [4.78, 5) is 30.1. The Balaban J connectivity index is 1.58. The first-order chi connectivity index (χ1) is 14.7. The molecule has 4 aromatic rings. The molecule has 0 aliphatic rings. The van der Waals surface area contributed by atoms with E-state index in [9.17, 15) is 9.59 Å². The SMILES string of the molecule is CCCCCCn1nc(C(=O)OCc2nc3ccccc3s2)c2ccccc2c1=O. The number of para-hydroxylation sites is 1. The Bertz CT molecular complexity index is 1210. The molecule has 0 spiro atoms. The van der Waals surface area contributed by atoms with Crippen molar-refractivity contribution in [3.05, 3.63) is 69.6 Å². The minimum atomic E-state index is -0.548. The van der Waals surface area contributed by atoms with Gasteiger partial charge in [0.25, 0.3) is 5.56 Å². The Morgan fingerprint density at radius 3 is 2.60 bits per heavy atom. The topological polar surface area (TPSA) is 74.1 Å². The molecule has 0 aliphatic heterocycles. The lowest BCUT2D eigenvalue weighted by Gasteiger charge is -2.10. The summed E-state index contributed by atoms with van der Waals surface area (Å²) in [6, 6.07) is 14.8. The molecule has 0 atom stereocenters. The first-order valence-corrected chi connectivity index (χ1v) is 11.0. The Morgan fingerprint density at radius 1 is 1.03 bits per heavy atom. The second kappa shape index (κ2) is 9.17. The van der Waals surface area contributed by atoms with E-state index in [1.807, 2.05) is 24.3 Å². The van der Waals surface area contributed by atoms with Crippen molar-refractivity contribution in [1.29, 1.82) is 0 Å². The van der Waals surface area contributed by atoms with Gasteiger partial charge in [0.1, 0.15) is 11.6 Å². The van der Waals surface area contributed by atoms with Crippen LogP contribution in [0.5, 0.6) is 0 Å². The normalized spacial score (nSPS) is 11.2. The van der Waals surface area contributed by atoms with E-state index in [1.54, 1.807) is 24.3 Å². The Morgan fingerprint density at radius 2 is 1.80 bits per heavy atom. The summed E-state index contributed by atoms with van der Waals surface area (Å²) < 4.78 is 7.96. The zero-order chi connectivity index (χ0) is 20.9. The van der Waals surface area contributed by atoms with Crippen LogP contribution in [0, 0.1) is 0 Å². The quantitative estimate of drug-likeness (QED) is 0.297. The van der Waals surface area contributed by atoms with E-state index in [0.29, 0.717) is 17.3 Å². The summed E-state index contributed by atoms with van der Waals surface area (Å²) in [5, 5.41) is 6.09. The molecule has 2 aromatic heterocycles. The standard InChI is InChI=1S/C23H23N3O3S/c1-2-3-4-9-14-26-22(27)17-11-6-5-10-16(17)21(25-26)23(28)29-15-20-24-18-12-7-8-13-19(18)30-20/h5-8,10-13H,2-4,9,14-15H2,1H3. The van der Waals surface area contributed by atoms with Gasteiger partial charge in [0.2, 0.25) is 0 Å². The number of ether oxygens (including phenoxy) is 1. The molecule has 0 saturated heterocycles. The van der Waals surface area contributed by atoms with E-state index < -0.39 is 5.97 Å². The largest absolute Gasteiger partial charge is 0.453 e. The first-order valence-electron chi connectivity index (χ1n) is 10.2. The number of benzene rings is 2. The van der Waals surface area contributed by atoms with Crippen LogP contribution in [0.4, 0.5) is 0 Å². The van der Waals surface area contributed by atoms with E-state index in [0.717, 1.165) is 40.9 Å². The van der Waals surface area contributed by atoms with Crippen molar-refractivity contribution < 1.29 is 9.53 Å².